The van der Waals surface area contributed by atoms with Gasteiger partial charge in [0.1, 0.15) is 11.5 Å². The Kier molecular flexibility index (Phi) is 5.17. The van der Waals surface area contributed by atoms with Crippen LogP contribution in [0.3, 0.4) is 0 Å². The molecule has 0 aromatic heterocycles. The van der Waals surface area contributed by atoms with Gasteiger partial charge in [0.2, 0.25) is 0 Å². The predicted octanol–water partition coefficient (Wildman–Crippen LogP) is 0.792. The molecule has 4 N–H and O–H groups in total. The fourth-order valence-electron chi connectivity index (χ4n) is 1.35. The molecular weight excluding hydrogens is 296 g/mol. The summed E-state index contributed by atoms with van der Waals surface area (Å²) in [6.07, 6.45) is 1.03. The van der Waals surface area contributed by atoms with Crippen LogP contribution in [0.5, 0.6) is 0 Å². The third-order valence-electron chi connectivity index (χ3n) is 2.43. The molecule has 1 aromatic rings. The maximum Gasteiger partial charge on any atom is 0.376 e. The largest absolute Gasteiger partial charge is 0.507 e. The highest BCUT2D eigenvalue weighted by molar-refractivity contribution is 6.39. The molecule has 0 amide bonds. The van der Waals surface area contributed by atoms with Gasteiger partial charge in [0.15, 0.2) is 0 Å². The van der Waals surface area contributed by atoms with Gasteiger partial charge in [-0.1, -0.05) is 24.3 Å². The molecule has 0 spiro atoms. The zero-order valence-corrected chi connectivity index (χ0v) is 10.9. The van der Waals surface area contributed by atoms with Gasteiger partial charge in [-0.25, -0.2) is 9.59 Å². The van der Waals surface area contributed by atoms with Crippen LogP contribution in [0, 0.1) is 0 Å². The summed E-state index contributed by atoms with van der Waals surface area (Å²) in [7, 11) is 0. The van der Waals surface area contributed by atoms with Crippen LogP contribution in [0.4, 0.5) is 0 Å². The SMILES string of the molecule is O=C(O)C(=O)/C=C(\O)c1ccc(/C(O)=C/C(=O)C(=O)O)cc1. The number of aliphatic hydroxyl groups is 2. The van der Waals surface area contributed by atoms with Gasteiger partial charge in [0.25, 0.3) is 11.6 Å². The van der Waals surface area contributed by atoms with Gasteiger partial charge in [0.05, 0.1) is 0 Å². The van der Waals surface area contributed by atoms with Crippen molar-refractivity contribution < 1.29 is 39.6 Å². The Labute approximate surface area is 123 Å². The van der Waals surface area contributed by atoms with E-state index in [0.717, 1.165) is 0 Å². The average Bonchev–Trinajstić information content (AvgIpc) is 2.46. The summed E-state index contributed by atoms with van der Waals surface area (Å²) in [6.45, 7) is 0. The highest BCUT2D eigenvalue weighted by Crippen LogP contribution is 2.17. The van der Waals surface area contributed by atoms with Crippen LogP contribution in [0.25, 0.3) is 11.5 Å². The van der Waals surface area contributed by atoms with Gasteiger partial charge in [-0.2, -0.15) is 0 Å². The number of carbonyl (C=O) groups is 4. The summed E-state index contributed by atoms with van der Waals surface area (Å²) < 4.78 is 0. The summed E-state index contributed by atoms with van der Waals surface area (Å²) in [5, 5.41) is 35.9. The topological polar surface area (TPSA) is 149 Å². The van der Waals surface area contributed by atoms with E-state index in [1.54, 1.807) is 0 Å². The van der Waals surface area contributed by atoms with Crippen LogP contribution in [-0.4, -0.2) is 43.9 Å². The molecule has 8 nitrogen and oxygen atoms in total. The van der Waals surface area contributed by atoms with Crippen molar-refractivity contribution in [2.75, 3.05) is 0 Å². The Morgan fingerprint density at radius 2 is 0.909 bits per heavy atom. The lowest BCUT2D eigenvalue weighted by Gasteiger charge is -2.03. The molecule has 0 unspecified atom stereocenters. The van der Waals surface area contributed by atoms with E-state index in [-0.39, 0.29) is 11.1 Å². The van der Waals surface area contributed by atoms with Crippen molar-refractivity contribution in [2.45, 2.75) is 0 Å². The van der Waals surface area contributed by atoms with E-state index in [9.17, 15) is 29.4 Å². The van der Waals surface area contributed by atoms with Crippen molar-refractivity contribution in [1.29, 1.82) is 0 Å². The lowest BCUT2D eigenvalue weighted by molar-refractivity contribution is -0.146. The maximum atomic E-state index is 10.9. The van der Waals surface area contributed by atoms with Gasteiger partial charge in [0, 0.05) is 23.3 Å². The normalized spacial score (nSPS) is 11.8. The minimum atomic E-state index is -1.73. The van der Waals surface area contributed by atoms with Gasteiger partial charge in [-0.3, -0.25) is 9.59 Å². The molecule has 1 rings (SSSR count). The first-order valence-electron chi connectivity index (χ1n) is 5.69. The molecule has 0 heterocycles. The van der Waals surface area contributed by atoms with E-state index < -0.39 is 35.0 Å². The van der Waals surface area contributed by atoms with E-state index in [2.05, 4.69) is 0 Å². The number of hydrogen-bond donors (Lipinski definition) is 4. The number of carbonyl (C=O) groups excluding carboxylic acids is 2. The number of benzene rings is 1. The second kappa shape index (κ2) is 6.84. The maximum absolute atomic E-state index is 10.9. The fraction of sp³-hybridized carbons (Fsp3) is 0. The zero-order valence-electron chi connectivity index (χ0n) is 10.9. The Bertz CT molecular complexity index is 633. The average molecular weight is 306 g/mol. The summed E-state index contributed by atoms with van der Waals surface area (Å²) in [6, 6.07) is 4.97. The van der Waals surface area contributed by atoms with Crippen molar-refractivity contribution in [1.82, 2.24) is 0 Å². The van der Waals surface area contributed by atoms with Crippen LogP contribution in [0.15, 0.2) is 36.4 Å². The molecule has 0 atom stereocenters. The summed E-state index contributed by atoms with van der Waals surface area (Å²) in [4.78, 5) is 42.5. The Balaban J connectivity index is 3.00. The Hall–Kier alpha value is -3.42. The molecule has 8 heteroatoms. The molecule has 114 valence electrons. The molecule has 0 fully saturated rings. The molecule has 0 aliphatic heterocycles. The second-order valence-corrected chi connectivity index (χ2v) is 3.98. The van der Waals surface area contributed by atoms with Gasteiger partial charge in [-0.05, 0) is 0 Å². The van der Waals surface area contributed by atoms with E-state index >= 15 is 0 Å². The monoisotopic (exact) mass is 306 g/mol. The third-order valence-corrected chi connectivity index (χ3v) is 2.43. The van der Waals surface area contributed by atoms with Crippen LogP contribution < -0.4 is 0 Å². The number of hydrogen-bond acceptors (Lipinski definition) is 6. The lowest BCUT2D eigenvalue weighted by Crippen LogP contribution is -2.09. The summed E-state index contributed by atoms with van der Waals surface area (Å²) in [5.41, 5.74) is 0.187. The minimum absolute atomic E-state index is 0.0933. The van der Waals surface area contributed by atoms with E-state index in [1.807, 2.05) is 0 Å². The fourth-order valence-corrected chi connectivity index (χ4v) is 1.35. The smallest absolute Gasteiger partial charge is 0.376 e. The predicted molar refractivity (Wildman–Crippen MR) is 72.9 cm³/mol. The molecule has 0 saturated heterocycles. The molecule has 22 heavy (non-hydrogen) atoms. The van der Waals surface area contributed by atoms with Gasteiger partial charge in [-0.15, -0.1) is 0 Å². The number of carboxylic acids is 2. The van der Waals surface area contributed by atoms with Gasteiger partial charge >= 0.3 is 11.9 Å². The van der Waals surface area contributed by atoms with E-state index in [1.165, 1.54) is 24.3 Å². The standard InChI is InChI=1S/C14H10O8/c15-9(5-11(17)13(19)20)7-1-2-8(4-3-7)10(16)6-12(18)14(21)22/h1-6,15-16H,(H,19,20)(H,21,22)/b9-5-,10-6-. The number of aliphatic hydroxyl groups excluding tert-OH is 2. The summed E-state index contributed by atoms with van der Waals surface area (Å²) in [5.74, 6) is -7.26. The van der Waals surface area contributed by atoms with E-state index in [0.29, 0.717) is 12.2 Å². The first-order chi connectivity index (χ1) is 10.2. The minimum Gasteiger partial charge on any atom is -0.507 e. The van der Waals surface area contributed by atoms with Crippen molar-refractivity contribution in [3.05, 3.63) is 47.5 Å². The molecular formula is C14H10O8. The van der Waals surface area contributed by atoms with Crippen LogP contribution in [-0.2, 0) is 19.2 Å². The van der Waals surface area contributed by atoms with Crippen molar-refractivity contribution in [3.63, 3.8) is 0 Å². The Morgan fingerprint density at radius 1 is 0.636 bits per heavy atom. The molecule has 0 saturated carbocycles. The Morgan fingerprint density at radius 3 is 1.14 bits per heavy atom. The summed E-state index contributed by atoms with van der Waals surface area (Å²) >= 11 is 0. The molecule has 1 aromatic carbocycles. The number of ketones is 2. The highest BCUT2D eigenvalue weighted by Gasteiger charge is 2.12. The first-order valence-corrected chi connectivity index (χ1v) is 5.69. The highest BCUT2D eigenvalue weighted by atomic mass is 16.4. The molecule has 0 bridgehead atoms. The third kappa shape index (κ3) is 4.30. The lowest BCUT2D eigenvalue weighted by atomic mass is 10.1. The molecule has 0 radical (unpaired) electrons. The van der Waals surface area contributed by atoms with Crippen molar-refractivity contribution in [3.8, 4) is 0 Å². The first kappa shape index (κ1) is 16.6. The van der Waals surface area contributed by atoms with Crippen LogP contribution in [0.1, 0.15) is 11.1 Å². The number of aliphatic carboxylic acids is 2. The van der Waals surface area contributed by atoms with Crippen LogP contribution >= 0.6 is 0 Å². The van der Waals surface area contributed by atoms with Crippen LogP contribution in [0.2, 0.25) is 0 Å². The molecule has 0 aliphatic rings. The van der Waals surface area contributed by atoms with Crippen molar-refractivity contribution in [2.24, 2.45) is 0 Å². The number of rotatable bonds is 6. The quantitative estimate of drug-likeness (QED) is 0.342. The van der Waals surface area contributed by atoms with E-state index in [4.69, 9.17) is 10.2 Å². The molecule has 0 aliphatic carbocycles. The zero-order chi connectivity index (χ0) is 16.9. The second-order valence-electron chi connectivity index (χ2n) is 3.98. The van der Waals surface area contributed by atoms with Crippen molar-refractivity contribution >= 4 is 35.0 Å². The number of carboxylic acid groups (broad SMARTS) is 2. The van der Waals surface area contributed by atoms with Gasteiger partial charge < -0.3 is 20.4 Å².